The first-order valence-electron chi connectivity index (χ1n) is 10.5. The number of carbonyl (C=O) groups excluding carboxylic acids is 1. The molecule has 2 bridgehead atoms. The molecule has 3 saturated carbocycles. The summed E-state index contributed by atoms with van der Waals surface area (Å²) in [6.45, 7) is 2.73. The van der Waals surface area contributed by atoms with Gasteiger partial charge in [-0.2, -0.15) is 10.2 Å². The van der Waals surface area contributed by atoms with Crippen LogP contribution in [0.4, 0.5) is 8.78 Å². The van der Waals surface area contributed by atoms with E-state index < -0.39 is 23.1 Å². The molecule has 1 aliphatic heterocycles. The van der Waals surface area contributed by atoms with Crippen molar-refractivity contribution < 1.29 is 13.6 Å². The van der Waals surface area contributed by atoms with Crippen molar-refractivity contribution in [3.63, 3.8) is 0 Å². The van der Waals surface area contributed by atoms with Crippen LogP contribution in [0.3, 0.4) is 0 Å². The third-order valence-electron chi connectivity index (χ3n) is 6.97. The third kappa shape index (κ3) is 2.80. The number of aromatic nitrogens is 3. The molecule has 0 spiro atoms. The first-order valence-corrected chi connectivity index (χ1v) is 10.5. The zero-order chi connectivity index (χ0) is 21.4. The maximum absolute atomic E-state index is 13.7. The van der Waals surface area contributed by atoms with Crippen molar-refractivity contribution in [1.82, 2.24) is 19.8 Å². The number of rotatable bonds is 4. The Balaban J connectivity index is 1.17. The van der Waals surface area contributed by atoms with Crippen molar-refractivity contribution in [2.24, 2.45) is 15.9 Å². The fourth-order valence-electron chi connectivity index (χ4n) is 5.80. The third-order valence-corrected chi connectivity index (χ3v) is 6.97. The van der Waals surface area contributed by atoms with Crippen LogP contribution < -0.4 is 0 Å². The Bertz CT molecular complexity index is 1230. The summed E-state index contributed by atoms with van der Waals surface area (Å²) in [4.78, 5) is 17.6. The van der Waals surface area contributed by atoms with Gasteiger partial charge in [-0.3, -0.25) is 14.5 Å². The highest BCUT2D eigenvalue weighted by Gasteiger charge is 2.72. The van der Waals surface area contributed by atoms with E-state index in [-0.39, 0.29) is 11.3 Å². The summed E-state index contributed by atoms with van der Waals surface area (Å²) in [7, 11) is 0. The monoisotopic (exact) mass is 421 g/mol. The molecule has 3 aliphatic carbocycles. The molecule has 3 aromatic rings. The number of amides is 1. The predicted molar refractivity (Wildman–Crippen MR) is 110 cm³/mol. The van der Waals surface area contributed by atoms with E-state index in [2.05, 4.69) is 15.2 Å². The molecule has 3 fully saturated rings. The standard InChI is InChI=1S/C23H21F2N5O/c1-14-4-16-9-29(28-19(16)8-26-14)13-22-10-23(11-22,12-22)21(31)30-20(2-3-27-30)15-5-17(24)7-18(25)6-15/h3-9,20H,2,10-13H2,1H3. The summed E-state index contributed by atoms with van der Waals surface area (Å²) in [5.41, 5.74) is 1.96. The summed E-state index contributed by atoms with van der Waals surface area (Å²) in [6, 6.07) is 4.98. The number of aryl methyl sites for hydroxylation is 1. The number of benzene rings is 1. The van der Waals surface area contributed by atoms with E-state index in [0.717, 1.165) is 48.5 Å². The summed E-state index contributed by atoms with van der Waals surface area (Å²) in [6.07, 6.45) is 8.32. The van der Waals surface area contributed by atoms with Crippen LogP contribution in [0.15, 0.2) is 41.8 Å². The number of hydrazone groups is 1. The van der Waals surface area contributed by atoms with Gasteiger partial charge < -0.3 is 0 Å². The molecule has 1 amide bonds. The SMILES string of the molecule is Cc1cc2cn(CC34CC(C(=O)N5N=CCC5c5cc(F)cc(F)c5)(C3)C4)nc2cn1. The average Bonchev–Trinajstić information content (AvgIpc) is 3.28. The second kappa shape index (κ2) is 6.18. The van der Waals surface area contributed by atoms with Crippen molar-refractivity contribution in [2.45, 2.75) is 45.2 Å². The van der Waals surface area contributed by atoms with Gasteiger partial charge in [0.2, 0.25) is 5.91 Å². The highest BCUT2D eigenvalue weighted by atomic mass is 19.1. The molecular weight excluding hydrogens is 400 g/mol. The Kier molecular flexibility index (Phi) is 3.71. The number of pyridine rings is 1. The molecule has 8 heteroatoms. The quantitative estimate of drug-likeness (QED) is 0.636. The minimum atomic E-state index is -0.643. The number of halogens is 2. The Labute approximate surface area is 177 Å². The molecule has 158 valence electrons. The normalized spacial score (nSPS) is 28.6. The molecule has 3 heterocycles. The Morgan fingerprint density at radius 3 is 2.65 bits per heavy atom. The largest absolute Gasteiger partial charge is 0.272 e. The first kappa shape index (κ1) is 18.6. The van der Waals surface area contributed by atoms with E-state index in [1.54, 1.807) is 12.4 Å². The van der Waals surface area contributed by atoms with E-state index in [0.29, 0.717) is 12.0 Å². The molecule has 0 saturated heterocycles. The molecular formula is C23H21F2N5O. The van der Waals surface area contributed by atoms with E-state index in [1.807, 2.05) is 23.9 Å². The van der Waals surface area contributed by atoms with E-state index in [9.17, 15) is 13.6 Å². The van der Waals surface area contributed by atoms with Crippen molar-refractivity contribution >= 4 is 23.0 Å². The average molecular weight is 421 g/mol. The highest BCUT2D eigenvalue weighted by Crippen LogP contribution is 2.74. The van der Waals surface area contributed by atoms with Crippen LogP contribution in [-0.2, 0) is 11.3 Å². The van der Waals surface area contributed by atoms with Crippen LogP contribution in [0.5, 0.6) is 0 Å². The number of fused-ring (bicyclic) bond motifs is 1. The van der Waals surface area contributed by atoms with Gasteiger partial charge in [0.05, 0.1) is 17.7 Å². The number of carbonyl (C=O) groups is 1. The fraction of sp³-hybridized carbons (Fsp3) is 0.391. The van der Waals surface area contributed by atoms with Gasteiger partial charge in [-0.1, -0.05) is 0 Å². The van der Waals surface area contributed by atoms with Gasteiger partial charge in [0.1, 0.15) is 17.2 Å². The van der Waals surface area contributed by atoms with Gasteiger partial charge in [0.25, 0.3) is 0 Å². The molecule has 6 nitrogen and oxygen atoms in total. The number of nitrogens with zero attached hydrogens (tertiary/aromatic N) is 5. The van der Waals surface area contributed by atoms with Crippen molar-refractivity contribution in [3.8, 4) is 0 Å². The fourth-order valence-corrected chi connectivity index (χ4v) is 5.80. The van der Waals surface area contributed by atoms with Gasteiger partial charge in [-0.15, -0.1) is 0 Å². The predicted octanol–water partition coefficient (Wildman–Crippen LogP) is 4.15. The smallest absolute Gasteiger partial charge is 0.249 e. The van der Waals surface area contributed by atoms with Crippen LogP contribution in [0.1, 0.15) is 43.0 Å². The molecule has 1 unspecified atom stereocenters. The second-order valence-corrected chi connectivity index (χ2v) is 9.42. The Morgan fingerprint density at radius 2 is 1.90 bits per heavy atom. The van der Waals surface area contributed by atoms with Crippen LogP contribution in [0.25, 0.3) is 10.9 Å². The van der Waals surface area contributed by atoms with E-state index >= 15 is 0 Å². The second-order valence-electron chi connectivity index (χ2n) is 9.42. The van der Waals surface area contributed by atoms with Crippen molar-refractivity contribution in [3.05, 3.63) is 59.6 Å². The molecule has 0 radical (unpaired) electrons. The van der Waals surface area contributed by atoms with Gasteiger partial charge in [-0.05, 0) is 55.4 Å². The van der Waals surface area contributed by atoms with Gasteiger partial charge >= 0.3 is 0 Å². The summed E-state index contributed by atoms with van der Waals surface area (Å²) < 4.78 is 29.3. The molecule has 4 aliphatic rings. The topological polar surface area (TPSA) is 63.4 Å². The van der Waals surface area contributed by atoms with Gasteiger partial charge in [0.15, 0.2) is 0 Å². The first-order chi connectivity index (χ1) is 14.8. The minimum absolute atomic E-state index is 0.0387. The van der Waals surface area contributed by atoms with Crippen molar-refractivity contribution in [1.29, 1.82) is 0 Å². The summed E-state index contributed by atoms with van der Waals surface area (Å²) >= 11 is 0. The summed E-state index contributed by atoms with van der Waals surface area (Å²) in [5.74, 6) is -1.32. The van der Waals surface area contributed by atoms with Crippen molar-refractivity contribution in [2.75, 3.05) is 0 Å². The number of hydrogen-bond acceptors (Lipinski definition) is 4. The molecule has 0 N–H and O–H groups in total. The maximum atomic E-state index is 13.7. The van der Waals surface area contributed by atoms with Crippen LogP contribution in [-0.4, -0.2) is 31.9 Å². The van der Waals surface area contributed by atoms with Gasteiger partial charge in [0, 0.05) is 42.5 Å². The summed E-state index contributed by atoms with van der Waals surface area (Å²) in [5, 5.41) is 11.4. The minimum Gasteiger partial charge on any atom is -0.272 e. The van der Waals surface area contributed by atoms with Crippen LogP contribution >= 0.6 is 0 Å². The van der Waals surface area contributed by atoms with Crippen LogP contribution in [0.2, 0.25) is 0 Å². The van der Waals surface area contributed by atoms with Crippen LogP contribution in [0, 0.1) is 29.4 Å². The van der Waals surface area contributed by atoms with E-state index in [1.165, 1.54) is 17.1 Å². The maximum Gasteiger partial charge on any atom is 0.249 e. The number of hydrogen-bond donors (Lipinski definition) is 0. The molecule has 31 heavy (non-hydrogen) atoms. The Hall–Kier alpha value is -3.16. The zero-order valence-electron chi connectivity index (χ0n) is 17.1. The Morgan fingerprint density at radius 1 is 1.16 bits per heavy atom. The lowest BCUT2D eigenvalue weighted by Crippen LogP contribution is -2.68. The zero-order valence-corrected chi connectivity index (χ0v) is 17.1. The molecule has 1 atom stereocenters. The lowest BCUT2D eigenvalue weighted by atomic mass is 9.34. The lowest BCUT2D eigenvalue weighted by molar-refractivity contribution is -0.223. The highest BCUT2D eigenvalue weighted by molar-refractivity contribution is 5.88. The molecule has 7 rings (SSSR count). The lowest BCUT2D eigenvalue weighted by Gasteiger charge is -2.69. The van der Waals surface area contributed by atoms with E-state index in [4.69, 9.17) is 0 Å². The van der Waals surface area contributed by atoms with Gasteiger partial charge in [-0.25, -0.2) is 13.8 Å². The molecule has 2 aromatic heterocycles. The molecule has 1 aromatic carbocycles.